The highest BCUT2D eigenvalue weighted by Gasteiger charge is 2.30. The zero-order valence-corrected chi connectivity index (χ0v) is 19.1. The molecule has 0 aliphatic carbocycles. The smallest absolute Gasteiger partial charge is 0.289 e. The van der Waals surface area contributed by atoms with Gasteiger partial charge in [0.15, 0.2) is 11.3 Å². The van der Waals surface area contributed by atoms with Crippen molar-refractivity contribution in [3.8, 4) is 0 Å². The summed E-state index contributed by atoms with van der Waals surface area (Å²) in [6.45, 7) is 8.67. The Hall–Kier alpha value is -2.87. The van der Waals surface area contributed by atoms with Crippen molar-refractivity contribution in [3.63, 3.8) is 0 Å². The molecule has 1 saturated heterocycles. The van der Waals surface area contributed by atoms with E-state index in [2.05, 4.69) is 9.71 Å². The average Bonchev–Trinajstić information content (AvgIpc) is 3.04. The minimum atomic E-state index is -4.00. The molecule has 31 heavy (non-hydrogen) atoms. The number of aryl methyl sites for hydroxylation is 3. The highest BCUT2D eigenvalue weighted by atomic mass is 32.2. The molecule has 0 unspecified atom stereocenters. The van der Waals surface area contributed by atoms with Gasteiger partial charge in [0.1, 0.15) is 10.7 Å². The van der Waals surface area contributed by atoms with Crippen molar-refractivity contribution in [3.05, 3.63) is 52.4 Å². The SMILES string of the molecule is Cc1ccnc(NS(=O)(=O)c2c(C)c(C)cc3c(C)c(C(=O)N4CCCCC4)oc23)c1. The number of sulfonamides is 1. The summed E-state index contributed by atoms with van der Waals surface area (Å²) in [5.41, 5.74) is 3.16. The first-order chi connectivity index (χ1) is 14.7. The van der Waals surface area contributed by atoms with Gasteiger partial charge in [0, 0.05) is 30.2 Å². The lowest BCUT2D eigenvalue weighted by atomic mass is 10.0. The standard InChI is InChI=1S/C23H27N3O4S/c1-14-8-9-24-19(12-14)25-31(28,29)22-16(3)15(2)13-18-17(4)20(30-21(18)22)23(27)26-10-6-5-7-11-26/h8-9,12-13H,5-7,10-11H2,1-4H3,(H,24,25). The molecule has 8 heteroatoms. The number of nitrogens with zero attached hydrogens (tertiary/aromatic N) is 2. The molecular formula is C23H27N3O4S. The fraction of sp³-hybridized carbons (Fsp3) is 0.391. The molecule has 164 valence electrons. The highest BCUT2D eigenvalue weighted by molar-refractivity contribution is 7.93. The van der Waals surface area contributed by atoms with Crippen molar-refractivity contribution < 1.29 is 17.6 Å². The molecule has 1 amide bonds. The lowest BCUT2D eigenvalue weighted by Crippen LogP contribution is -2.35. The molecule has 0 radical (unpaired) electrons. The topological polar surface area (TPSA) is 92.5 Å². The summed E-state index contributed by atoms with van der Waals surface area (Å²) < 4.78 is 35.3. The van der Waals surface area contributed by atoms with Crippen molar-refractivity contribution in [1.82, 2.24) is 9.88 Å². The monoisotopic (exact) mass is 441 g/mol. The number of hydrogen-bond donors (Lipinski definition) is 1. The maximum absolute atomic E-state index is 13.4. The molecule has 1 fully saturated rings. The Morgan fingerprint density at radius 2 is 1.77 bits per heavy atom. The van der Waals surface area contributed by atoms with Crippen molar-refractivity contribution in [2.24, 2.45) is 0 Å². The molecule has 1 aromatic carbocycles. The number of piperidine rings is 1. The third-order valence-corrected chi connectivity index (χ3v) is 7.46. The summed E-state index contributed by atoms with van der Waals surface area (Å²) in [6, 6.07) is 5.35. The zero-order chi connectivity index (χ0) is 22.3. The Morgan fingerprint density at radius 1 is 1.06 bits per heavy atom. The fourth-order valence-electron chi connectivity index (χ4n) is 4.09. The van der Waals surface area contributed by atoms with Crippen LogP contribution in [0.1, 0.15) is 52.1 Å². The van der Waals surface area contributed by atoms with Crippen LogP contribution >= 0.6 is 0 Å². The van der Waals surface area contributed by atoms with Gasteiger partial charge < -0.3 is 9.32 Å². The molecule has 1 aliphatic rings. The number of benzene rings is 1. The van der Waals surface area contributed by atoms with Crippen molar-refractivity contribution >= 4 is 32.7 Å². The lowest BCUT2D eigenvalue weighted by molar-refractivity contribution is 0.0693. The van der Waals surface area contributed by atoms with Crippen LogP contribution in [0.15, 0.2) is 33.7 Å². The predicted molar refractivity (Wildman–Crippen MR) is 120 cm³/mol. The van der Waals surface area contributed by atoms with E-state index in [0.717, 1.165) is 30.4 Å². The second-order valence-electron chi connectivity index (χ2n) is 8.26. The molecule has 7 nitrogen and oxygen atoms in total. The summed E-state index contributed by atoms with van der Waals surface area (Å²) in [5.74, 6) is 0.273. The Kier molecular flexibility index (Phi) is 5.51. The number of hydrogen-bond acceptors (Lipinski definition) is 5. The second kappa shape index (κ2) is 8.00. The summed E-state index contributed by atoms with van der Waals surface area (Å²) >= 11 is 0. The summed E-state index contributed by atoms with van der Waals surface area (Å²) in [4.78, 5) is 19.1. The Labute approximate surface area is 182 Å². The van der Waals surface area contributed by atoms with Gasteiger partial charge in [-0.15, -0.1) is 0 Å². The molecule has 1 aliphatic heterocycles. The van der Waals surface area contributed by atoms with Gasteiger partial charge >= 0.3 is 0 Å². The second-order valence-corrected chi connectivity index (χ2v) is 9.88. The van der Waals surface area contributed by atoms with E-state index < -0.39 is 10.0 Å². The molecular weight excluding hydrogens is 414 g/mol. The number of aromatic nitrogens is 1. The number of furan rings is 1. The Bertz CT molecular complexity index is 1270. The Morgan fingerprint density at radius 3 is 2.45 bits per heavy atom. The largest absolute Gasteiger partial charge is 0.449 e. The quantitative estimate of drug-likeness (QED) is 0.644. The van der Waals surface area contributed by atoms with Crippen LogP contribution in [0.3, 0.4) is 0 Å². The molecule has 0 atom stereocenters. The van der Waals surface area contributed by atoms with Gasteiger partial charge in [-0.3, -0.25) is 9.52 Å². The number of carbonyl (C=O) groups excluding carboxylic acids is 1. The van der Waals surface area contributed by atoms with E-state index in [4.69, 9.17) is 4.42 Å². The number of carbonyl (C=O) groups is 1. The third-order valence-electron chi connectivity index (χ3n) is 5.95. The zero-order valence-electron chi connectivity index (χ0n) is 18.3. The molecule has 2 aromatic heterocycles. The molecule has 0 spiro atoms. The van der Waals surface area contributed by atoms with E-state index >= 15 is 0 Å². The van der Waals surface area contributed by atoms with Crippen LogP contribution in [0.25, 0.3) is 11.0 Å². The Balaban J connectivity index is 1.85. The molecule has 1 N–H and O–H groups in total. The van der Waals surface area contributed by atoms with Crippen LogP contribution in [0, 0.1) is 27.7 Å². The number of likely N-dealkylation sites (tertiary alicyclic amines) is 1. The van der Waals surface area contributed by atoms with Crippen LogP contribution in [0.2, 0.25) is 0 Å². The van der Waals surface area contributed by atoms with Crippen molar-refractivity contribution in [2.45, 2.75) is 51.9 Å². The van der Waals surface area contributed by atoms with Gasteiger partial charge in [0.05, 0.1) is 0 Å². The number of fused-ring (bicyclic) bond motifs is 1. The summed E-state index contributed by atoms with van der Waals surface area (Å²) in [5, 5.41) is 0.640. The van der Waals surface area contributed by atoms with Gasteiger partial charge in [-0.05, 0) is 81.8 Å². The lowest BCUT2D eigenvalue weighted by Gasteiger charge is -2.25. The molecule has 0 saturated carbocycles. The predicted octanol–water partition coefficient (Wildman–Crippen LogP) is 4.49. The van der Waals surface area contributed by atoms with Crippen LogP contribution in [0.5, 0.6) is 0 Å². The first-order valence-electron chi connectivity index (χ1n) is 10.5. The molecule has 0 bridgehead atoms. The fourth-order valence-corrected chi connectivity index (χ4v) is 5.54. The van der Waals surface area contributed by atoms with E-state index in [1.165, 1.54) is 0 Å². The highest BCUT2D eigenvalue weighted by Crippen LogP contribution is 2.36. The summed E-state index contributed by atoms with van der Waals surface area (Å²) in [6.07, 6.45) is 4.60. The first-order valence-corrected chi connectivity index (χ1v) is 12.0. The normalized spacial score (nSPS) is 14.8. The number of anilines is 1. The van der Waals surface area contributed by atoms with E-state index in [0.29, 0.717) is 29.6 Å². The van der Waals surface area contributed by atoms with Gasteiger partial charge in [0.25, 0.3) is 15.9 Å². The maximum atomic E-state index is 13.4. The number of rotatable bonds is 4. The molecule has 3 heterocycles. The van der Waals surface area contributed by atoms with Crippen molar-refractivity contribution in [2.75, 3.05) is 17.8 Å². The van der Waals surface area contributed by atoms with Crippen LogP contribution in [0.4, 0.5) is 5.82 Å². The van der Waals surface area contributed by atoms with Crippen LogP contribution in [-0.4, -0.2) is 37.3 Å². The van der Waals surface area contributed by atoms with Crippen LogP contribution < -0.4 is 4.72 Å². The minimum absolute atomic E-state index is 0.0478. The van der Waals surface area contributed by atoms with E-state index in [-0.39, 0.29) is 28.0 Å². The van der Waals surface area contributed by atoms with E-state index in [1.807, 2.05) is 26.8 Å². The van der Waals surface area contributed by atoms with Gasteiger partial charge in [-0.1, -0.05) is 0 Å². The average molecular weight is 442 g/mol. The van der Waals surface area contributed by atoms with Gasteiger partial charge in [-0.25, -0.2) is 13.4 Å². The first kappa shape index (κ1) is 21.4. The van der Waals surface area contributed by atoms with Crippen molar-refractivity contribution in [1.29, 1.82) is 0 Å². The molecule has 3 aromatic rings. The van der Waals surface area contributed by atoms with Gasteiger partial charge in [-0.2, -0.15) is 0 Å². The van der Waals surface area contributed by atoms with Gasteiger partial charge in [0.2, 0.25) is 0 Å². The number of amides is 1. The minimum Gasteiger partial charge on any atom is -0.449 e. The summed E-state index contributed by atoms with van der Waals surface area (Å²) in [7, 11) is -4.00. The van der Waals surface area contributed by atoms with E-state index in [9.17, 15) is 13.2 Å². The maximum Gasteiger partial charge on any atom is 0.289 e. The molecule has 4 rings (SSSR count). The number of pyridine rings is 1. The van der Waals surface area contributed by atoms with E-state index in [1.54, 1.807) is 30.2 Å². The third kappa shape index (κ3) is 3.92. The van der Waals surface area contributed by atoms with Crippen LogP contribution in [-0.2, 0) is 10.0 Å². The number of nitrogens with one attached hydrogen (secondary N) is 1.